The minimum Gasteiger partial charge on any atom is -0.614 e. The maximum atomic E-state index is 12.2. The van der Waals surface area contributed by atoms with Crippen LogP contribution in [0.3, 0.4) is 0 Å². The number of esters is 1. The number of aliphatic hydroxyl groups is 1. The maximum Gasteiger partial charge on any atom is 0.305 e. The average molecular weight is 406 g/mol. The van der Waals surface area contributed by atoms with Gasteiger partial charge in [-0.2, -0.15) is 0 Å². The highest BCUT2D eigenvalue weighted by Crippen LogP contribution is 2.24. The minimum absolute atomic E-state index is 0.0122. The van der Waals surface area contributed by atoms with Gasteiger partial charge in [0.2, 0.25) is 0 Å². The Morgan fingerprint density at radius 2 is 1.93 bits per heavy atom. The molecule has 27 heavy (non-hydrogen) atoms. The molecule has 1 aliphatic rings. The molecule has 0 radical (unpaired) electrons. The molecule has 158 valence electrons. The molecule has 2 atom stereocenters. The number of amides is 1. The van der Waals surface area contributed by atoms with Gasteiger partial charge in [-0.15, -0.1) is 0 Å². The molecule has 2 unspecified atom stereocenters. The molecule has 1 rings (SSSR count). The van der Waals surface area contributed by atoms with Crippen molar-refractivity contribution in [1.29, 1.82) is 0 Å². The van der Waals surface area contributed by atoms with Gasteiger partial charge in [0.15, 0.2) is 11.1 Å². The number of carbonyl (C=O) groups is 2. The van der Waals surface area contributed by atoms with E-state index in [1.54, 1.807) is 11.8 Å². The van der Waals surface area contributed by atoms with Crippen LogP contribution in [0, 0.1) is 0 Å². The summed E-state index contributed by atoms with van der Waals surface area (Å²) in [5.74, 6) is -0.0195. The van der Waals surface area contributed by atoms with E-state index < -0.39 is 11.2 Å². The van der Waals surface area contributed by atoms with Gasteiger partial charge in [-0.3, -0.25) is 14.5 Å². The molecule has 0 aromatic rings. The lowest BCUT2D eigenvalue weighted by molar-refractivity contribution is -0.143. The molecule has 0 aliphatic carbocycles. The largest absolute Gasteiger partial charge is 0.614 e. The molecule has 0 saturated carbocycles. The standard InChI is InChI=1S/C19H35NO6S/c1-2-26-19(23)11-6-4-3-5-10-18-20(17(22)16-27(18)24)12-7-8-14-25-15-9-13-21/h18,21H,2-16H2,1H3. The van der Waals surface area contributed by atoms with Crippen LogP contribution in [0.4, 0.5) is 0 Å². The highest BCUT2D eigenvalue weighted by molar-refractivity contribution is 7.93. The van der Waals surface area contributed by atoms with Crippen LogP contribution in [0.25, 0.3) is 0 Å². The SMILES string of the molecule is CCOC(=O)CCCCCCC1N(CCCCOCCCO)C(=O)C[S+]1[O-]. The van der Waals surface area contributed by atoms with Crippen molar-refractivity contribution in [2.24, 2.45) is 0 Å². The molecule has 0 bridgehead atoms. The molecule has 1 amide bonds. The number of ether oxygens (including phenoxy) is 2. The van der Waals surface area contributed by atoms with Gasteiger partial charge in [-0.05, 0) is 50.2 Å². The zero-order valence-electron chi connectivity index (χ0n) is 16.5. The van der Waals surface area contributed by atoms with Crippen molar-refractivity contribution < 1.29 is 28.7 Å². The van der Waals surface area contributed by atoms with Crippen LogP contribution in [0.1, 0.15) is 64.7 Å². The molecule has 1 N–H and O–H groups in total. The predicted octanol–water partition coefficient (Wildman–Crippen LogP) is 1.99. The maximum absolute atomic E-state index is 12.2. The Labute approximate surface area is 166 Å². The Balaban J connectivity index is 2.17. The first kappa shape index (κ1) is 24.2. The van der Waals surface area contributed by atoms with E-state index in [1.165, 1.54) is 0 Å². The molecule has 0 aromatic carbocycles. The Morgan fingerprint density at radius 1 is 1.19 bits per heavy atom. The van der Waals surface area contributed by atoms with E-state index in [1.807, 2.05) is 0 Å². The van der Waals surface area contributed by atoms with Crippen LogP contribution in [-0.2, 0) is 30.2 Å². The quantitative estimate of drug-likeness (QED) is 0.239. The molecule has 0 spiro atoms. The lowest BCUT2D eigenvalue weighted by atomic mass is 10.1. The van der Waals surface area contributed by atoms with Gasteiger partial charge >= 0.3 is 5.97 Å². The molecule has 1 aliphatic heterocycles. The summed E-state index contributed by atoms with van der Waals surface area (Å²) in [6.45, 7) is 4.17. The van der Waals surface area contributed by atoms with Gasteiger partial charge in [0, 0.05) is 39.2 Å². The fraction of sp³-hybridized carbons (Fsp3) is 0.895. The molecule has 0 aromatic heterocycles. The minimum atomic E-state index is -1.11. The summed E-state index contributed by atoms with van der Waals surface area (Å²) in [7, 11) is 0. The van der Waals surface area contributed by atoms with Gasteiger partial charge in [0.1, 0.15) is 0 Å². The molecular formula is C19H35NO6S. The fourth-order valence-corrected chi connectivity index (χ4v) is 4.63. The first-order chi connectivity index (χ1) is 13.1. The van der Waals surface area contributed by atoms with Gasteiger partial charge in [0.05, 0.1) is 6.61 Å². The van der Waals surface area contributed by atoms with Crippen LogP contribution < -0.4 is 0 Å². The zero-order chi connectivity index (χ0) is 19.9. The van der Waals surface area contributed by atoms with Crippen molar-refractivity contribution in [3.63, 3.8) is 0 Å². The Hall–Kier alpha value is -0.830. The molecule has 7 nitrogen and oxygen atoms in total. The average Bonchev–Trinajstić information content (AvgIpc) is 2.90. The number of nitrogens with zero attached hydrogens (tertiary/aromatic N) is 1. The van der Waals surface area contributed by atoms with E-state index in [4.69, 9.17) is 14.6 Å². The fourth-order valence-electron chi connectivity index (χ4n) is 3.09. The van der Waals surface area contributed by atoms with Crippen LogP contribution in [-0.4, -0.2) is 70.5 Å². The van der Waals surface area contributed by atoms with E-state index in [-0.39, 0.29) is 29.6 Å². The summed E-state index contributed by atoms with van der Waals surface area (Å²) < 4.78 is 22.5. The topological polar surface area (TPSA) is 99.1 Å². The van der Waals surface area contributed by atoms with E-state index >= 15 is 0 Å². The second-order valence-electron chi connectivity index (χ2n) is 6.72. The molecule has 1 fully saturated rings. The third-order valence-electron chi connectivity index (χ3n) is 4.51. The first-order valence-corrected chi connectivity index (χ1v) is 11.5. The van der Waals surface area contributed by atoms with Gasteiger partial charge in [-0.1, -0.05) is 12.8 Å². The van der Waals surface area contributed by atoms with E-state index in [9.17, 15) is 14.1 Å². The van der Waals surface area contributed by atoms with Crippen molar-refractivity contribution >= 4 is 23.1 Å². The zero-order valence-corrected chi connectivity index (χ0v) is 17.3. The lowest BCUT2D eigenvalue weighted by Gasteiger charge is -2.23. The Kier molecular flexibility index (Phi) is 13.6. The normalized spacial score (nSPS) is 19.7. The van der Waals surface area contributed by atoms with Crippen LogP contribution in [0.15, 0.2) is 0 Å². The molecule has 8 heteroatoms. The van der Waals surface area contributed by atoms with E-state index in [2.05, 4.69) is 0 Å². The second-order valence-corrected chi connectivity index (χ2v) is 8.32. The summed E-state index contributed by atoms with van der Waals surface area (Å²) in [5.41, 5.74) is 0. The monoisotopic (exact) mass is 405 g/mol. The summed E-state index contributed by atoms with van der Waals surface area (Å²) >= 11 is -1.11. The van der Waals surface area contributed by atoms with Crippen LogP contribution >= 0.6 is 0 Å². The van der Waals surface area contributed by atoms with Crippen molar-refractivity contribution in [2.45, 2.75) is 70.1 Å². The molecule has 1 heterocycles. The van der Waals surface area contributed by atoms with Gasteiger partial charge in [0.25, 0.3) is 5.91 Å². The van der Waals surface area contributed by atoms with E-state index in [0.29, 0.717) is 39.2 Å². The lowest BCUT2D eigenvalue weighted by Crippen LogP contribution is -2.36. The second kappa shape index (κ2) is 15.1. The summed E-state index contributed by atoms with van der Waals surface area (Å²) in [6, 6.07) is 0. The van der Waals surface area contributed by atoms with Gasteiger partial charge < -0.3 is 19.1 Å². The summed E-state index contributed by atoms with van der Waals surface area (Å²) in [4.78, 5) is 25.2. The predicted molar refractivity (Wildman–Crippen MR) is 105 cm³/mol. The van der Waals surface area contributed by atoms with Crippen molar-refractivity contribution in [1.82, 2.24) is 4.90 Å². The highest BCUT2D eigenvalue weighted by atomic mass is 32.2. The third kappa shape index (κ3) is 10.3. The summed E-state index contributed by atoms with van der Waals surface area (Å²) in [6.07, 6.45) is 7.16. The number of aliphatic hydroxyl groups excluding tert-OH is 1. The highest BCUT2D eigenvalue weighted by Gasteiger charge is 2.41. The number of unbranched alkanes of at least 4 members (excludes halogenated alkanes) is 4. The van der Waals surface area contributed by atoms with Crippen molar-refractivity contribution in [3.8, 4) is 0 Å². The van der Waals surface area contributed by atoms with Gasteiger partial charge in [-0.25, -0.2) is 0 Å². The van der Waals surface area contributed by atoms with E-state index in [0.717, 1.165) is 44.9 Å². The Morgan fingerprint density at radius 3 is 2.67 bits per heavy atom. The van der Waals surface area contributed by atoms with Crippen LogP contribution in [0.2, 0.25) is 0 Å². The molecular weight excluding hydrogens is 370 g/mol. The third-order valence-corrected chi connectivity index (χ3v) is 6.14. The molecule has 1 saturated heterocycles. The number of hydrogen-bond donors (Lipinski definition) is 1. The number of carbonyl (C=O) groups excluding carboxylic acids is 2. The smallest absolute Gasteiger partial charge is 0.305 e. The number of rotatable bonds is 16. The first-order valence-electron chi connectivity index (χ1n) is 10.1. The number of hydrogen-bond acceptors (Lipinski definition) is 6. The Bertz CT molecular complexity index is 423. The van der Waals surface area contributed by atoms with Crippen molar-refractivity contribution in [3.05, 3.63) is 0 Å². The summed E-state index contributed by atoms with van der Waals surface area (Å²) in [5, 5.41) is 8.52. The van der Waals surface area contributed by atoms with Crippen molar-refractivity contribution in [2.75, 3.05) is 38.7 Å². The van der Waals surface area contributed by atoms with Crippen LogP contribution in [0.5, 0.6) is 0 Å².